The second-order valence-electron chi connectivity index (χ2n) is 9.45. The fourth-order valence-electron chi connectivity index (χ4n) is 4.93. The Kier molecular flexibility index (Phi) is 7.22. The summed E-state index contributed by atoms with van der Waals surface area (Å²) in [4.78, 5) is 11.6. The van der Waals surface area contributed by atoms with Crippen molar-refractivity contribution in [3.05, 3.63) is 70.8 Å². The van der Waals surface area contributed by atoms with Crippen LogP contribution in [0, 0.1) is 5.92 Å². The summed E-state index contributed by atoms with van der Waals surface area (Å²) in [5.74, 6) is 0.720. The molecule has 0 aromatic heterocycles. The first-order valence-electron chi connectivity index (χ1n) is 11.5. The van der Waals surface area contributed by atoms with Gasteiger partial charge in [0.15, 0.2) is 0 Å². The summed E-state index contributed by atoms with van der Waals surface area (Å²) in [6, 6.07) is 15.1. The molecule has 1 fully saturated rings. The molecule has 0 bridgehead atoms. The number of ether oxygens (including phenoxy) is 3. The summed E-state index contributed by atoms with van der Waals surface area (Å²) in [6.45, 7) is 3.55. The molecule has 0 unspecified atom stereocenters. The minimum atomic E-state index is -1.09. The van der Waals surface area contributed by atoms with Gasteiger partial charge in [0.2, 0.25) is 0 Å². The van der Waals surface area contributed by atoms with Crippen LogP contribution in [-0.2, 0) is 16.0 Å². The van der Waals surface area contributed by atoms with Crippen LogP contribution in [0.4, 0.5) is 0 Å². The first-order valence-corrected chi connectivity index (χ1v) is 11.9. The Morgan fingerprint density at radius 1 is 1.24 bits per heavy atom. The zero-order chi connectivity index (χ0) is 24.5. The molecule has 2 aliphatic rings. The van der Waals surface area contributed by atoms with Gasteiger partial charge in [-0.15, -0.1) is 0 Å². The number of fused-ring (bicyclic) bond motifs is 3. The molecule has 0 spiro atoms. The van der Waals surface area contributed by atoms with E-state index < -0.39 is 17.8 Å². The number of esters is 1. The van der Waals surface area contributed by atoms with Gasteiger partial charge in [-0.25, -0.2) is 0 Å². The molecule has 0 amide bonds. The van der Waals surface area contributed by atoms with Crippen molar-refractivity contribution in [2.24, 2.45) is 5.92 Å². The highest BCUT2D eigenvalue weighted by atomic mass is 35.5. The molecule has 5 atom stereocenters. The van der Waals surface area contributed by atoms with Crippen LogP contribution in [0.5, 0.6) is 11.5 Å². The Bertz CT molecular complexity index is 1050. The SMILES string of the molecule is COC(=O)CCc1cccc2c1O[C@H]1C[C@@H](O)[C@H](/C=C(\Cl)[C@H](O)C(C)(C)Oc3ccccc3)[C@@H]21. The average molecular weight is 487 g/mol. The predicted molar refractivity (Wildman–Crippen MR) is 129 cm³/mol. The Morgan fingerprint density at radius 2 is 1.97 bits per heavy atom. The van der Waals surface area contributed by atoms with Gasteiger partial charge in [0.05, 0.1) is 13.2 Å². The maximum absolute atomic E-state index is 11.6. The van der Waals surface area contributed by atoms with Gasteiger partial charge in [-0.1, -0.05) is 54.1 Å². The van der Waals surface area contributed by atoms with Crippen molar-refractivity contribution in [3.8, 4) is 11.5 Å². The third-order valence-corrected chi connectivity index (χ3v) is 7.04. The van der Waals surface area contributed by atoms with Crippen molar-refractivity contribution in [3.63, 3.8) is 0 Å². The number of rotatable bonds is 8. The maximum Gasteiger partial charge on any atom is 0.305 e. The third kappa shape index (κ3) is 4.95. The number of aryl methyl sites for hydroxylation is 1. The lowest BCUT2D eigenvalue weighted by Crippen LogP contribution is -2.42. The number of hydrogen-bond acceptors (Lipinski definition) is 6. The minimum Gasteiger partial charge on any atom is -0.489 e. The van der Waals surface area contributed by atoms with Gasteiger partial charge in [-0.2, -0.15) is 0 Å². The van der Waals surface area contributed by atoms with E-state index in [9.17, 15) is 15.0 Å². The normalized spacial score (nSPS) is 24.7. The van der Waals surface area contributed by atoms with Crippen LogP contribution in [0.25, 0.3) is 0 Å². The number of hydrogen-bond donors (Lipinski definition) is 2. The highest BCUT2D eigenvalue weighted by Crippen LogP contribution is 2.52. The average Bonchev–Trinajstić information content (AvgIpc) is 3.32. The molecule has 1 aliphatic carbocycles. The number of aliphatic hydroxyl groups excluding tert-OH is 2. The molecule has 6 nitrogen and oxygen atoms in total. The lowest BCUT2D eigenvalue weighted by atomic mass is 9.86. The van der Waals surface area contributed by atoms with Crippen molar-refractivity contribution >= 4 is 17.6 Å². The zero-order valence-electron chi connectivity index (χ0n) is 19.6. The van der Waals surface area contributed by atoms with Gasteiger partial charge in [-0.3, -0.25) is 4.79 Å². The summed E-state index contributed by atoms with van der Waals surface area (Å²) in [7, 11) is 1.38. The number of aliphatic hydroxyl groups is 2. The minimum absolute atomic E-state index is 0.0952. The third-order valence-electron chi connectivity index (χ3n) is 6.71. The number of benzene rings is 2. The zero-order valence-corrected chi connectivity index (χ0v) is 20.4. The van der Waals surface area contributed by atoms with Crippen LogP contribution < -0.4 is 9.47 Å². The summed E-state index contributed by atoms with van der Waals surface area (Å²) in [5, 5.41) is 22.0. The van der Waals surface area contributed by atoms with Crippen molar-refractivity contribution in [1.82, 2.24) is 0 Å². The predicted octanol–water partition coefficient (Wildman–Crippen LogP) is 4.36. The Hall–Kier alpha value is -2.54. The Morgan fingerprint density at radius 3 is 2.68 bits per heavy atom. The van der Waals surface area contributed by atoms with E-state index in [4.69, 9.17) is 25.8 Å². The van der Waals surface area contributed by atoms with E-state index in [0.717, 1.165) is 16.9 Å². The van der Waals surface area contributed by atoms with E-state index in [0.29, 0.717) is 18.6 Å². The second-order valence-corrected chi connectivity index (χ2v) is 9.88. The summed E-state index contributed by atoms with van der Waals surface area (Å²) in [5.41, 5.74) is 0.949. The van der Waals surface area contributed by atoms with Crippen LogP contribution in [0.3, 0.4) is 0 Å². The van der Waals surface area contributed by atoms with Crippen LogP contribution in [0.1, 0.15) is 43.7 Å². The summed E-state index contributed by atoms with van der Waals surface area (Å²) >= 11 is 6.60. The standard InChI is InChI=1S/C27H31ClO6/c1-27(2,34-17-9-5-4-6-10-17)26(31)20(28)14-19-21(29)15-22-24(19)18-11-7-8-16(25(18)33-22)12-13-23(30)32-3/h4-11,14,19,21-22,24,26,29,31H,12-13,15H2,1-3H3/b20-14-/t19-,21+,22-,24+,26-/m0/s1. The van der Waals surface area contributed by atoms with Crippen molar-refractivity contribution in [1.29, 1.82) is 0 Å². The van der Waals surface area contributed by atoms with Gasteiger partial charge < -0.3 is 24.4 Å². The number of para-hydroxylation sites is 2. The summed E-state index contributed by atoms with van der Waals surface area (Å²) in [6.07, 6.45) is 1.06. The van der Waals surface area contributed by atoms with Gasteiger partial charge in [0.25, 0.3) is 0 Å². The highest BCUT2D eigenvalue weighted by molar-refractivity contribution is 6.30. The first-order chi connectivity index (χ1) is 16.2. The second kappa shape index (κ2) is 9.98. The molecule has 2 aromatic rings. The van der Waals surface area contributed by atoms with Crippen molar-refractivity contribution in [2.75, 3.05) is 7.11 Å². The monoisotopic (exact) mass is 486 g/mol. The van der Waals surface area contributed by atoms with E-state index in [-0.39, 0.29) is 35.4 Å². The molecule has 1 heterocycles. The topological polar surface area (TPSA) is 85.2 Å². The van der Waals surface area contributed by atoms with Crippen LogP contribution in [0.15, 0.2) is 59.6 Å². The Labute approximate surface area is 205 Å². The smallest absolute Gasteiger partial charge is 0.305 e. The van der Waals surface area contributed by atoms with Gasteiger partial charge in [0.1, 0.15) is 29.3 Å². The fraction of sp³-hybridized carbons (Fsp3) is 0.444. The van der Waals surface area contributed by atoms with Crippen LogP contribution >= 0.6 is 11.6 Å². The van der Waals surface area contributed by atoms with Gasteiger partial charge in [0, 0.05) is 35.3 Å². The molecule has 0 radical (unpaired) electrons. The molecule has 7 heteroatoms. The number of carbonyl (C=O) groups is 1. The van der Waals surface area contributed by atoms with Gasteiger partial charge in [-0.05, 0) is 38.0 Å². The molecule has 34 heavy (non-hydrogen) atoms. The molecule has 4 rings (SSSR count). The molecular weight excluding hydrogens is 456 g/mol. The fourth-order valence-corrected chi connectivity index (χ4v) is 5.33. The van der Waals surface area contributed by atoms with Crippen molar-refractivity contribution in [2.45, 2.75) is 62.9 Å². The van der Waals surface area contributed by atoms with E-state index in [2.05, 4.69) is 0 Å². The lowest BCUT2D eigenvalue weighted by molar-refractivity contribution is -0.140. The van der Waals surface area contributed by atoms with Crippen molar-refractivity contribution < 1.29 is 29.2 Å². The molecule has 1 saturated carbocycles. The lowest BCUT2D eigenvalue weighted by Gasteiger charge is -2.32. The summed E-state index contributed by atoms with van der Waals surface area (Å²) < 4.78 is 17.0. The maximum atomic E-state index is 11.6. The van der Waals surface area contributed by atoms with E-state index in [1.807, 2.05) is 48.5 Å². The van der Waals surface area contributed by atoms with E-state index in [1.54, 1.807) is 19.9 Å². The molecule has 182 valence electrons. The molecular formula is C27H31ClO6. The number of methoxy groups -OCH3 is 1. The molecule has 2 aromatic carbocycles. The number of carbonyl (C=O) groups excluding carboxylic acids is 1. The largest absolute Gasteiger partial charge is 0.489 e. The molecule has 2 N–H and O–H groups in total. The van der Waals surface area contributed by atoms with Crippen LogP contribution in [0.2, 0.25) is 0 Å². The van der Waals surface area contributed by atoms with E-state index >= 15 is 0 Å². The van der Waals surface area contributed by atoms with Crippen LogP contribution in [-0.4, -0.2) is 47.2 Å². The highest BCUT2D eigenvalue weighted by Gasteiger charge is 2.49. The van der Waals surface area contributed by atoms with E-state index in [1.165, 1.54) is 7.11 Å². The molecule has 0 saturated heterocycles. The molecule has 1 aliphatic heterocycles. The number of halogens is 1. The Balaban J connectivity index is 1.55. The van der Waals surface area contributed by atoms with Gasteiger partial charge >= 0.3 is 5.97 Å². The first kappa shape index (κ1) is 24.6. The quantitative estimate of drug-likeness (QED) is 0.539.